The standard InChI is InChI=1S/C15H21N3O3S.ClH/c1-17(13-5-7-16-10-13)15(19)12-3-4-14-11(9-12)6-8-18(14)22(2,20)21;/h3-4,9,13,16H,5-8,10H2,1-2H3;1H. The first kappa shape index (κ1) is 18.0. The molecule has 1 fully saturated rings. The van der Waals surface area contributed by atoms with E-state index in [9.17, 15) is 13.2 Å². The number of amides is 1. The first-order valence-corrected chi connectivity index (χ1v) is 9.31. The number of nitrogens with one attached hydrogen (secondary N) is 1. The average Bonchev–Trinajstić information content (AvgIpc) is 3.13. The Morgan fingerprint density at radius 2 is 2.13 bits per heavy atom. The zero-order valence-electron chi connectivity index (χ0n) is 13.3. The third kappa shape index (κ3) is 3.46. The van der Waals surface area contributed by atoms with E-state index in [1.54, 1.807) is 17.0 Å². The van der Waals surface area contributed by atoms with E-state index in [1.165, 1.54) is 10.6 Å². The largest absolute Gasteiger partial charge is 0.337 e. The van der Waals surface area contributed by atoms with Crippen LogP contribution in [0.15, 0.2) is 18.2 Å². The second-order valence-electron chi connectivity index (χ2n) is 5.99. The van der Waals surface area contributed by atoms with Gasteiger partial charge in [0, 0.05) is 31.7 Å². The molecule has 1 saturated heterocycles. The topological polar surface area (TPSA) is 69.7 Å². The molecule has 0 aliphatic carbocycles. The molecule has 6 nitrogen and oxygen atoms in total. The maximum atomic E-state index is 12.6. The number of carbonyl (C=O) groups is 1. The number of nitrogens with zero attached hydrogens (tertiary/aromatic N) is 2. The molecule has 2 heterocycles. The van der Waals surface area contributed by atoms with Crippen LogP contribution in [0.1, 0.15) is 22.3 Å². The first-order chi connectivity index (χ1) is 10.4. The molecule has 128 valence electrons. The summed E-state index contributed by atoms with van der Waals surface area (Å²) in [7, 11) is -1.42. The van der Waals surface area contributed by atoms with Gasteiger partial charge in [-0.3, -0.25) is 9.10 Å². The molecule has 3 rings (SSSR count). The number of carbonyl (C=O) groups excluding carboxylic acids is 1. The lowest BCUT2D eigenvalue weighted by Gasteiger charge is -2.24. The molecule has 2 aliphatic rings. The van der Waals surface area contributed by atoms with Gasteiger partial charge in [-0.05, 0) is 43.1 Å². The number of fused-ring (bicyclic) bond motifs is 1. The van der Waals surface area contributed by atoms with Crippen molar-refractivity contribution in [2.24, 2.45) is 0 Å². The van der Waals surface area contributed by atoms with Crippen molar-refractivity contribution in [2.75, 3.05) is 37.2 Å². The van der Waals surface area contributed by atoms with Crippen molar-refractivity contribution < 1.29 is 13.2 Å². The molecule has 0 bridgehead atoms. The number of likely N-dealkylation sites (N-methyl/N-ethyl adjacent to an activating group) is 1. The summed E-state index contributed by atoms with van der Waals surface area (Å²) in [4.78, 5) is 14.4. The fourth-order valence-electron chi connectivity index (χ4n) is 3.19. The molecule has 1 aromatic carbocycles. The lowest BCUT2D eigenvalue weighted by Crippen LogP contribution is -2.38. The summed E-state index contributed by atoms with van der Waals surface area (Å²) in [6.07, 6.45) is 2.83. The maximum Gasteiger partial charge on any atom is 0.253 e. The Labute approximate surface area is 143 Å². The summed E-state index contributed by atoms with van der Waals surface area (Å²) in [5, 5.41) is 3.26. The first-order valence-electron chi connectivity index (χ1n) is 7.46. The number of halogens is 1. The Balaban J connectivity index is 0.00000192. The molecule has 0 aromatic heterocycles. The van der Waals surface area contributed by atoms with Crippen LogP contribution < -0.4 is 9.62 Å². The van der Waals surface area contributed by atoms with E-state index >= 15 is 0 Å². The van der Waals surface area contributed by atoms with Crippen molar-refractivity contribution in [3.63, 3.8) is 0 Å². The smallest absolute Gasteiger partial charge is 0.253 e. The lowest BCUT2D eigenvalue weighted by molar-refractivity contribution is 0.0743. The summed E-state index contributed by atoms with van der Waals surface area (Å²) in [6.45, 7) is 2.22. The molecule has 0 radical (unpaired) electrons. The van der Waals surface area contributed by atoms with Crippen LogP contribution >= 0.6 is 12.4 Å². The Kier molecular flexibility index (Phi) is 5.23. The lowest BCUT2D eigenvalue weighted by atomic mass is 10.1. The van der Waals surface area contributed by atoms with Gasteiger partial charge in [-0.15, -0.1) is 12.4 Å². The van der Waals surface area contributed by atoms with Gasteiger partial charge in [0.05, 0.1) is 11.9 Å². The van der Waals surface area contributed by atoms with Crippen LogP contribution in [0.3, 0.4) is 0 Å². The van der Waals surface area contributed by atoms with Crippen LogP contribution in [0.25, 0.3) is 0 Å². The van der Waals surface area contributed by atoms with Crippen molar-refractivity contribution in [1.82, 2.24) is 10.2 Å². The monoisotopic (exact) mass is 359 g/mol. The third-order valence-electron chi connectivity index (χ3n) is 4.48. The van der Waals surface area contributed by atoms with E-state index in [0.717, 1.165) is 25.1 Å². The number of anilines is 1. The highest BCUT2D eigenvalue weighted by atomic mass is 35.5. The molecule has 23 heavy (non-hydrogen) atoms. The molecule has 0 spiro atoms. The highest BCUT2D eigenvalue weighted by Gasteiger charge is 2.28. The zero-order valence-corrected chi connectivity index (χ0v) is 14.9. The van der Waals surface area contributed by atoms with Gasteiger partial charge in [0.15, 0.2) is 0 Å². The number of hydrogen-bond donors (Lipinski definition) is 1. The Morgan fingerprint density at radius 1 is 1.39 bits per heavy atom. The van der Waals surface area contributed by atoms with Crippen molar-refractivity contribution in [1.29, 1.82) is 0 Å². The molecule has 8 heteroatoms. The van der Waals surface area contributed by atoms with E-state index < -0.39 is 10.0 Å². The normalized spacial score (nSPS) is 20.1. The van der Waals surface area contributed by atoms with Gasteiger partial charge < -0.3 is 10.2 Å². The van der Waals surface area contributed by atoms with Gasteiger partial charge in [0.2, 0.25) is 10.0 Å². The predicted octanol–water partition coefficient (Wildman–Crippen LogP) is 0.864. The van der Waals surface area contributed by atoms with Gasteiger partial charge in [-0.1, -0.05) is 0 Å². The molecule has 1 atom stereocenters. The SMILES string of the molecule is CN(C(=O)c1ccc2c(c1)CCN2S(C)(=O)=O)C1CCNC1.Cl. The van der Waals surface area contributed by atoms with E-state index in [2.05, 4.69) is 5.32 Å². The number of sulfonamides is 1. The van der Waals surface area contributed by atoms with E-state index in [1.807, 2.05) is 13.1 Å². The minimum absolute atomic E-state index is 0. The highest BCUT2D eigenvalue weighted by molar-refractivity contribution is 7.92. The van der Waals surface area contributed by atoms with Gasteiger partial charge in [0.1, 0.15) is 0 Å². The predicted molar refractivity (Wildman–Crippen MR) is 93.0 cm³/mol. The summed E-state index contributed by atoms with van der Waals surface area (Å²) < 4.78 is 24.9. The molecular formula is C15H22ClN3O3S. The summed E-state index contributed by atoms with van der Waals surface area (Å²) in [5.41, 5.74) is 2.25. The summed E-state index contributed by atoms with van der Waals surface area (Å²) in [5.74, 6) is -0.00527. The Bertz CT molecular complexity index is 702. The second-order valence-corrected chi connectivity index (χ2v) is 7.90. The van der Waals surface area contributed by atoms with E-state index in [4.69, 9.17) is 0 Å². The van der Waals surface area contributed by atoms with E-state index in [0.29, 0.717) is 24.2 Å². The summed E-state index contributed by atoms with van der Waals surface area (Å²) >= 11 is 0. The third-order valence-corrected chi connectivity index (χ3v) is 5.66. The van der Waals surface area contributed by atoms with Crippen molar-refractivity contribution in [3.05, 3.63) is 29.3 Å². The molecular weight excluding hydrogens is 338 g/mol. The summed E-state index contributed by atoms with van der Waals surface area (Å²) in [6, 6.07) is 5.54. The minimum Gasteiger partial charge on any atom is -0.337 e. The van der Waals surface area contributed by atoms with Crippen LogP contribution in [0, 0.1) is 0 Å². The van der Waals surface area contributed by atoms with Crippen molar-refractivity contribution >= 4 is 34.0 Å². The van der Waals surface area contributed by atoms with Crippen LogP contribution in [0.4, 0.5) is 5.69 Å². The van der Waals surface area contributed by atoms with Gasteiger partial charge in [0.25, 0.3) is 5.91 Å². The average molecular weight is 360 g/mol. The fraction of sp³-hybridized carbons (Fsp3) is 0.533. The van der Waals surface area contributed by atoms with E-state index in [-0.39, 0.29) is 24.4 Å². The van der Waals surface area contributed by atoms with Crippen molar-refractivity contribution in [3.8, 4) is 0 Å². The zero-order chi connectivity index (χ0) is 15.9. The number of benzene rings is 1. The quantitative estimate of drug-likeness (QED) is 0.869. The molecule has 1 N–H and O–H groups in total. The molecule has 1 aromatic rings. The Hall–Kier alpha value is -1.31. The second kappa shape index (κ2) is 6.67. The van der Waals surface area contributed by atoms with Crippen molar-refractivity contribution in [2.45, 2.75) is 18.9 Å². The maximum absolute atomic E-state index is 12.6. The number of hydrogen-bond acceptors (Lipinski definition) is 4. The van der Waals surface area contributed by atoms with Crippen LogP contribution in [-0.4, -0.2) is 58.2 Å². The molecule has 2 aliphatic heterocycles. The van der Waals surface area contributed by atoms with Gasteiger partial charge in [-0.2, -0.15) is 0 Å². The van der Waals surface area contributed by atoms with Crippen LogP contribution in [-0.2, 0) is 16.4 Å². The van der Waals surface area contributed by atoms with Gasteiger partial charge in [-0.25, -0.2) is 8.42 Å². The van der Waals surface area contributed by atoms with Crippen LogP contribution in [0.2, 0.25) is 0 Å². The number of rotatable bonds is 3. The minimum atomic E-state index is -3.25. The molecule has 1 amide bonds. The fourth-order valence-corrected chi connectivity index (χ4v) is 4.15. The highest BCUT2D eigenvalue weighted by Crippen LogP contribution is 2.31. The molecule has 0 saturated carbocycles. The van der Waals surface area contributed by atoms with Gasteiger partial charge >= 0.3 is 0 Å². The van der Waals surface area contributed by atoms with Crippen LogP contribution in [0.5, 0.6) is 0 Å². The Morgan fingerprint density at radius 3 is 2.74 bits per heavy atom. The molecule has 1 unspecified atom stereocenters.